The van der Waals surface area contributed by atoms with Gasteiger partial charge in [0.1, 0.15) is 12.1 Å². The number of methoxy groups -OCH3 is 2. The van der Waals surface area contributed by atoms with Gasteiger partial charge in [-0.1, -0.05) is 18.2 Å². The van der Waals surface area contributed by atoms with Crippen molar-refractivity contribution < 1.29 is 43.3 Å². The summed E-state index contributed by atoms with van der Waals surface area (Å²) in [5.41, 5.74) is 5.76. The van der Waals surface area contributed by atoms with Gasteiger partial charge in [0.25, 0.3) is 5.91 Å². The fraction of sp³-hybridized carbons (Fsp3) is 0.333. The molecule has 54 heavy (non-hydrogen) atoms. The van der Waals surface area contributed by atoms with E-state index < -0.39 is 30.0 Å². The number of carbonyl (C=O) groups is 6. The Morgan fingerprint density at radius 3 is 1.76 bits per heavy atom. The zero-order valence-corrected chi connectivity index (χ0v) is 31.0. The summed E-state index contributed by atoms with van der Waals surface area (Å²) in [7, 11) is 9.64. The van der Waals surface area contributed by atoms with Gasteiger partial charge in [-0.2, -0.15) is 0 Å². The van der Waals surface area contributed by atoms with Gasteiger partial charge < -0.3 is 44.5 Å². The molecule has 0 spiro atoms. The maximum absolute atomic E-state index is 13.2. The Morgan fingerprint density at radius 2 is 1.26 bits per heavy atom. The largest absolute Gasteiger partial charge is 0.478 e. The van der Waals surface area contributed by atoms with Gasteiger partial charge in [-0.15, -0.1) is 0 Å². The highest BCUT2D eigenvalue weighted by molar-refractivity contribution is 5.96. The lowest BCUT2D eigenvalue weighted by Crippen LogP contribution is -2.39. The standard InChI is InChI=1S/C25H28N4O4.C14H16N2O5/c1-27-14-18-11-17(9-10-20(18)26-21(25(27)32)13-23(30)33-4)24(31)28(2)15-19-12-16-7-5-6-8-22(16)29(19)3;1-16-7-9-5-8(14(19)20)3-4-10(9)15-11(13(16)18)6-12(17)21-2/h5-12,21,26H,13-15H2,1-4H3;3-5,11,15H,6-7H2,1-2H3,(H,19,20). The summed E-state index contributed by atoms with van der Waals surface area (Å²) < 4.78 is 11.4. The summed E-state index contributed by atoms with van der Waals surface area (Å²) in [4.78, 5) is 76.9. The number of anilines is 2. The maximum Gasteiger partial charge on any atom is 0.335 e. The van der Waals surface area contributed by atoms with Crippen molar-refractivity contribution in [3.05, 3.63) is 94.7 Å². The maximum atomic E-state index is 13.2. The van der Waals surface area contributed by atoms with Crippen molar-refractivity contribution in [1.82, 2.24) is 19.3 Å². The third kappa shape index (κ3) is 8.62. The normalized spacial score (nSPS) is 16.3. The van der Waals surface area contributed by atoms with Gasteiger partial charge in [0.05, 0.1) is 39.2 Å². The van der Waals surface area contributed by atoms with Crippen LogP contribution >= 0.6 is 0 Å². The van der Waals surface area contributed by atoms with Gasteiger partial charge in [-0.3, -0.25) is 24.0 Å². The first-order valence-corrected chi connectivity index (χ1v) is 17.1. The fourth-order valence-electron chi connectivity index (χ4n) is 6.50. The number of hydrogen-bond donors (Lipinski definition) is 3. The molecule has 2 atom stereocenters. The molecule has 15 nitrogen and oxygen atoms in total. The lowest BCUT2D eigenvalue weighted by molar-refractivity contribution is -0.144. The molecule has 0 radical (unpaired) electrons. The number of nitrogens with zero attached hydrogens (tertiary/aromatic N) is 4. The van der Waals surface area contributed by atoms with Crippen LogP contribution in [0.1, 0.15) is 50.4 Å². The van der Waals surface area contributed by atoms with E-state index in [0.29, 0.717) is 29.9 Å². The Balaban J connectivity index is 0.000000230. The summed E-state index contributed by atoms with van der Waals surface area (Å²) in [5.74, 6) is -2.51. The van der Waals surface area contributed by atoms with Gasteiger partial charge in [0, 0.05) is 69.4 Å². The quantitative estimate of drug-likeness (QED) is 0.225. The number of carboxylic acids is 1. The Bertz CT molecular complexity index is 2110. The number of fused-ring (bicyclic) bond motifs is 3. The van der Waals surface area contributed by atoms with Crippen LogP contribution in [0.15, 0.2) is 66.7 Å². The van der Waals surface area contributed by atoms with Crippen LogP contribution < -0.4 is 10.6 Å². The zero-order valence-electron chi connectivity index (χ0n) is 31.0. The molecule has 3 N–H and O–H groups in total. The summed E-state index contributed by atoms with van der Waals surface area (Å²) in [6.45, 7) is 1.09. The minimum atomic E-state index is -1.03. The van der Waals surface area contributed by atoms with E-state index in [1.54, 1.807) is 49.1 Å². The van der Waals surface area contributed by atoms with Crippen molar-refractivity contribution in [2.24, 2.45) is 7.05 Å². The summed E-state index contributed by atoms with van der Waals surface area (Å²) in [6, 6.07) is 18.7. The predicted octanol–water partition coefficient (Wildman–Crippen LogP) is 3.47. The number of esters is 2. The Labute approximate surface area is 312 Å². The van der Waals surface area contributed by atoms with Gasteiger partial charge in [-0.05, 0) is 65.0 Å². The fourth-order valence-corrected chi connectivity index (χ4v) is 6.50. The van der Waals surface area contributed by atoms with Gasteiger partial charge >= 0.3 is 17.9 Å². The van der Waals surface area contributed by atoms with E-state index in [9.17, 15) is 28.8 Å². The predicted molar refractivity (Wildman–Crippen MR) is 200 cm³/mol. The molecular formula is C39H44N6O9. The lowest BCUT2D eigenvalue weighted by Gasteiger charge is -2.19. The van der Waals surface area contributed by atoms with Crippen molar-refractivity contribution in [1.29, 1.82) is 0 Å². The molecule has 1 aromatic heterocycles. The highest BCUT2D eigenvalue weighted by Crippen LogP contribution is 2.27. The second-order valence-corrected chi connectivity index (χ2v) is 13.3. The van der Waals surface area contributed by atoms with Crippen molar-refractivity contribution in [3.8, 4) is 0 Å². The van der Waals surface area contributed by atoms with E-state index in [-0.39, 0.29) is 42.7 Å². The van der Waals surface area contributed by atoms with E-state index in [4.69, 9.17) is 9.84 Å². The monoisotopic (exact) mass is 740 g/mol. The molecular weight excluding hydrogens is 696 g/mol. The molecule has 15 heteroatoms. The number of likely N-dealkylation sites (N-methyl/N-ethyl adjacent to an activating group) is 2. The van der Waals surface area contributed by atoms with E-state index in [0.717, 1.165) is 27.8 Å². The van der Waals surface area contributed by atoms with E-state index in [1.165, 1.54) is 31.3 Å². The minimum Gasteiger partial charge on any atom is -0.478 e. The number of aromatic carboxylic acids is 1. The number of rotatable bonds is 8. The number of carboxylic acid groups (broad SMARTS) is 1. The molecule has 4 aromatic rings. The van der Waals surface area contributed by atoms with Crippen LogP contribution in [0.2, 0.25) is 0 Å². The first-order chi connectivity index (χ1) is 25.7. The van der Waals surface area contributed by atoms with Gasteiger partial charge in [-0.25, -0.2) is 4.79 Å². The Morgan fingerprint density at radius 1 is 0.759 bits per heavy atom. The molecule has 2 aliphatic heterocycles. The number of para-hydroxylation sites is 1. The molecule has 3 heterocycles. The number of amides is 3. The summed E-state index contributed by atoms with van der Waals surface area (Å²) >= 11 is 0. The van der Waals surface area contributed by atoms with Crippen LogP contribution in [0.4, 0.5) is 11.4 Å². The number of ether oxygens (including phenoxy) is 2. The molecule has 2 aliphatic rings. The van der Waals surface area contributed by atoms with E-state index >= 15 is 0 Å². The number of nitrogens with one attached hydrogen (secondary N) is 2. The number of benzene rings is 3. The minimum absolute atomic E-state index is 0.0620. The number of carbonyl (C=O) groups excluding carboxylic acids is 5. The van der Waals surface area contributed by atoms with Crippen LogP contribution in [-0.2, 0) is 55.3 Å². The smallest absolute Gasteiger partial charge is 0.335 e. The zero-order chi connectivity index (χ0) is 39.3. The summed E-state index contributed by atoms with van der Waals surface area (Å²) in [5, 5.41) is 16.3. The third-order valence-electron chi connectivity index (χ3n) is 9.52. The Kier molecular flexibility index (Phi) is 11.9. The first kappa shape index (κ1) is 38.8. The van der Waals surface area contributed by atoms with E-state index in [1.807, 2.05) is 25.2 Å². The molecule has 0 aliphatic carbocycles. The van der Waals surface area contributed by atoms with Crippen LogP contribution in [-0.4, -0.2) is 107 Å². The molecule has 284 valence electrons. The lowest BCUT2D eigenvalue weighted by atomic mass is 10.1. The molecule has 2 unspecified atom stereocenters. The Hall–Kier alpha value is -6.38. The molecule has 3 amide bonds. The molecule has 3 aromatic carbocycles. The average molecular weight is 741 g/mol. The number of aromatic nitrogens is 1. The second-order valence-electron chi connectivity index (χ2n) is 13.3. The topological polar surface area (TPSA) is 180 Å². The van der Waals surface area contributed by atoms with Crippen LogP contribution in [0.3, 0.4) is 0 Å². The molecule has 0 saturated heterocycles. The van der Waals surface area contributed by atoms with Crippen molar-refractivity contribution in [2.45, 2.75) is 44.6 Å². The van der Waals surface area contributed by atoms with Gasteiger partial charge in [0.15, 0.2) is 0 Å². The SMILES string of the molecule is COC(=O)CC1Nc2ccc(C(=O)N(C)Cc3cc4ccccc4n3C)cc2CN(C)C1=O.COC(=O)CC1Nc2ccc(C(=O)O)cc2CN(C)C1=O. The second kappa shape index (κ2) is 16.5. The number of hydrogen-bond acceptors (Lipinski definition) is 10. The van der Waals surface area contributed by atoms with Crippen LogP contribution in [0, 0.1) is 0 Å². The molecule has 0 bridgehead atoms. The van der Waals surface area contributed by atoms with Crippen molar-refractivity contribution >= 4 is 57.9 Å². The average Bonchev–Trinajstić information content (AvgIpc) is 3.35. The van der Waals surface area contributed by atoms with E-state index in [2.05, 4.69) is 38.1 Å². The molecule has 0 saturated carbocycles. The summed E-state index contributed by atoms with van der Waals surface area (Å²) in [6.07, 6.45) is -0.145. The highest BCUT2D eigenvalue weighted by atomic mass is 16.5. The highest BCUT2D eigenvalue weighted by Gasteiger charge is 2.31. The third-order valence-corrected chi connectivity index (χ3v) is 9.52. The van der Waals surface area contributed by atoms with Crippen LogP contribution in [0.25, 0.3) is 10.9 Å². The van der Waals surface area contributed by atoms with Crippen molar-refractivity contribution in [2.75, 3.05) is 46.0 Å². The van der Waals surface area contributed by atoms with Gasteiger partial charge in [0.2, 0.25) is 11.8 Å². The van der Waals surface area contributed by atoms with Crippen LogP contribution in [0.5, 0.6) is 0 Å². The molecule has 6 rings (SSSR count). The number of aryl methyl sites for hydroxylation is 1. The van der Waals surface area contributed by atoms with Crippen molar-refractivity contribution in [3.63, 3.8) is 0 Å². The first-order valence-electron chi connectivity index (χ1n) is 17.1. The molecule has 0 fully saturated rings.